The number of hydrogen-bond donors (Lipinski definition) is 0. The lowest BCUT2D eigenvalue weighted by molar-refractivity contribution is 0.370. The van der Waals surface area contributed by atoms with Crippen LogP contribution in [0.25, 0.3) is 0 Å². The van der Waals surface area contributed by atoms with E-state index in [1.54, 1.807) is 0 Å². The average molecular weight is 237 g/mol. The van der Waals surface area contributed by atoms with Crippen molar-refractivity contribution in [3.05, 3.63) is 59.4 Å². The Morgan fingerprint density at radius 1 is 1.06 bits per heavy atom. The second kappa shape index (κ2) is 5.88. The first-order valence-electron chi connectivity index (χ1n) is 5.86. The first-order valence-corrected chi connectivity index (χ1v) is 5.86. The highest BCUT2D eigenvalue weighted by atomic mass is 16.5. The Labute approximate surface area is 108 Å². The molecule has 2 aromatic rings. The minimum atomic E-state index is 0.374. The summed E-state index contributed by atoms with van der Waals surface area (Å²) >= 11 is 0. The van der Waals surface area contributed by atoms with Crippen molar-refractivity contribution in [3.8, 4) is 17.6 Å². The minimum absolute atomic E-state index is 0.374. The number of aromatic nitrogens is 1. The van der Waals surface area contributed by atoms with E-state index in [4.69, 9.17) is 4.74 Å². The fourth-order valence-electron chi connectivity index (χ4n) is 1.49. The van der Waals surface area contributed by atoms with Gasteiger partial charge in [0.1, 0.15) is 18.1 Å². The largest absolute Gasteiger partial charge is 0.481 e. The number of pyridine rings is 1. The van der Waals surface area contributed by atoms with Crippen LogP contribution in [0.3, 0.4) is 0 Å². The SMILES string of the molecule is Cc1ccc(OCC#Cc2cccc(C)n2)cc1. The second-order valence-corrected chi connectivity index (χ2v) is 4.07. The molecule has 18 heavy (non-hydrogen) atoms. The summed E-state index contributed by atoms with van der Waals surface area (Å²) < 4.78 is 5.51. The van der Waals surface area contributed by atoms with E-state index in [1.165, 1.54) is 5.56 Å². The van der Waals surface area contributed by atoms with Crippen molar-refractivity contribution in [1.29, 1.82) is 0 Å². The molecular weight excluding hydrogens is 222 g/mol. The third kappa shape index (κ3) is 3.64. The molecule has 0 saturated heterocycles. The Morgan fingerprint density at radius 2 is 1.83 bits per heavy atom. The second-order valence-electron chi connectivity index (χ2n) is 4.07. The maximum Gasteiger partial charge on any atom is 0.149 e. The number of hydrogen-bond acceptors (Lipinski definition) is 2. The lowest BCUT2D eigenvalue weighted by atomic mass is 10.2. The molecule has 0 aliphatic carbocycles. The third-order valence-corrected chi connectivity index (χ3v) is 2.44. The van der Waals surface area contributed by atoms with Crippen molar-refractivity contribution in [1.82, 2.24) is 4.98 Å². The smallest absolute Gasteiger partial charge is 0.149 e. The van der Waals surface area contributed by atoms with E-state index in [0.717, 1.165) is 17.1 Å². The first kappa shape index (κ1) is 12.2. The van der Waals surface area contributed by atoms with Crippen molar-refractivity contribution in [2.24, 2.45) is 0 Å². The molecule has 1 aromatic carbocycles. The molecule has 0 fully saturated rings. The number of rotatable bonds is 2. The van der Waals surface area contributed by atoms with Crippen molar-refractivity contribution < 1.29 is 4.74 Å². The zero-order valence-corrected chi connectivity index (χ0v) is 10.6. The standard InChI is InChI=1S/C16H15NO/c1-13-8-10-16(11-9-13)18-12-4-7-15-6-3-5-14(2)17-15/h3,5-6,8-11H,12H2,1-2H3. The van der Waals surface area contributed by atoms with Crippen LogP contribution in [0.2, 0.25) is 0 Å². The minimum Gasteiger partial charge on any atom is -0.481 e. The lowest BCUT2D eigenvalue weighted by Crippen LogP contribution is -1.94. The summed E-state index contributed by atoms with van der Waals surface area (Å²) in [6, 6.07) is 13.7. The van der Waals surface area contributed by atoms with Crippen LogP contribution >= 0.6 is 0 Å². The highest BCUT2D eigenvalue weighted by Gasteiger charge is 1.91. The predicted molar refractivity (Wildman–Crippen MR) is 72.5 cm³/mol. The van der Waals surface area contributed by atoms with Crippen molar-refractivity contribution >= 4 is 0 Å². The van der Waals surface area contributed by atoms with Crippen LogP contribution in [0.1, 0.15) is 17.0 Å². The van der Waals surface area contributed by atoms with Crippen LogP contribution in [0, 0.1) is 25.7 Å². The summed E-state index contributed by atoms with van der Waals surface area (Å²) in [6.07, 6.45) is 0. The van der Waals surface area contributed by atoms with Crippen LogP contribution in [-0.4, -0.2) is 11.6 Å². The third-order valence-electron chi connectivity index (χ3n) is 2.44. The molecular formula is C16H15NO. The molecule has 2 nitrogen and oxygen atoms in total. The van der Waals surface area contributed by atoms with E-state index in [0.29, 0.717) is 6.61 Å². The Balaban J connectivity index is 1.91. The normalized spacial score (nSPS) is 9.44. The van der Waals surface area contributed by atoms with Crippen molar-refractivity contribution in [2.75, 3.05) is 6.61 Å². The molecule has 0 radical (unpaired) electrons. The van der Waals surface area contributed by atoms with Gasteiger partial charge in [-0.05, 0) is 44.0 Å². The van der Waals surface area contributed by atoms with E-state index in [-0.39, 0.29) is 0 Å². The summed E-state index contributed by atoms with van der Waals surface area (Å²) in [5.41, 5.74) is 2.97. The van der Waals surface area contributed by atoms with E-state index < -0.39 is 0 Å². The molecule has 0 aliphatic heterocycles. The lowest BCUT2D eigenvalue weighted by Gasteiger charge is -2.01. The van der Waals surface area contributed by atoms with Crippen LogP contribution in [-0.2, 0) is 0 Å². The number of nitrogens with zero attached hydrogens (tertiary/aromatic N) is 1. The predicted octanol–water partition coefficient (Wildman–Crippen LogP) is 3.13. The number of benzene rings is 1. The van der Waals surface area contributed by atoms with Crippen LogP contribution in [0.5, 0.6) is 5.75 Å². The Morgan fingerprint density at radius 3 is 2.56 bits per heavy atom. The van der Waals surface area contributed by atoms with Gasteiger partial charge in [0.2, 0.25) is 0 Å². The summed E-state index contributed by atoms with van der Waals surface area (Å²) in [5, 5.41) is 0. The van der Waals surface area contributed by atoms with Gasteiger partial charge in [0.25, 0.3) is 0 Å². The van der Waals surface area contributed by atoms with Gasteiger partial charge in [-0.15, -0.1) is 0 Å². The van der Waals surface area contributed by atoms with Gasteiger partial charge in [-0.3, -0.25) is 0 Å². The molecule has 0 aliphatic rings. The summed E-state index contributed by atoms with van der Waals surface area (Å²) in [4.78, 5) is 4.30. The summed E-state index contributed by atoms with van der Waals surface area (Å²) in [5.74, 6) is 6.78. The molecule has 0 unspecified atom stereocenters. The fourth-order valence-corrected chi connectivity index (χ4v) is 1.49. The highest BCUT2D eigenvalue weighted by Crippen LogP contribution is 2.10. The van der Waals surface area contributed by atoms with E-state index in [2.05, 4.69) is 16.8 Å². The van der Waals surface area contributed by atoms with E-state index in [1.807, 2.05) is 56.3 Å². The van der Waals surface area contributed by atoms with Crippen molar-refractivity contribution in [2.45, 2.75) is 13.8 Å². The van der Waals surface area contributed by atoms with Gasteiger partial charge in [-0.1, -0.05) is 29.7 Å². The molecule has 0 amide bonds. The van der Waals surface area contributed by atoms with Crippen LogP contribution in [0.15, 0.2) is 42.5 Å². The fraction of sp³-hybridized carbons (Fsp3) is 0.188. The van der Waals surface area contributed by atoms with Gasteiger partial charge in [0.15, 0.2) is 0 Å². The molecule has 1 heterocycles. The van der Waals surface area contributed by atoms with Gasteiger partial charge in [-0.25, -0.2) is 4.98 Å². The molecule has 1 aromatic heterocycles. The quantitative estimate of drug-likeness (QED) is 0.749. The number of ether oxygens (including phenoxy) is 1. The topological polar surface area (TPSA) is 22.1 Å². The molecule has 0 atom stereocenters. The first-order chi connectivity index (χ1) is 8.74. The van der Waals surface area contributed by atoms with Gasteiger partial charge in [0.05, 0.1) is 0 Å². The highest BCUT2D eigenvalue weighted by molar-refractivity contribution is 5.30. The van der Waals surface area contributed by atoms with Gasteiger partial charge in [0, 0.05) is 5.69 Å². The summed E-state index contributed by atoms with van der Waals surface area (Å²) in [7, 11) is 0. The molecule has 90 valence electrons. The molecule has 0 N–H and O–H groups in total. The Bertz CT molecular complexity index is 576. The van der Waals surface area contributed by atoms with Gasteiger partial charge >= 0.3 is 0 Å². The van der Waals surface area contributed by atoms with Crippen LogP contribution < -0.4 is 4.74 Å². The average Bonchev–Trinajstić information content (AvgIpc) is 2.37. The van der Waals surface area contributed by atoms with Crippen molar-refractivity contribution in [3.63, 3.8) is 0 Å². The molecule has 0 saturated carbocycles. The summed E-state index contributed by atoms with van der Waals surface area (Å²) in [6.45, 7) is 4.37. The zero-order valence-electron chi connectivity index (χ0n) is 10.6. The Kier molecular flexibility index (Phi) is 3.98. The zero-order chi connectivity index (χ0) is 12.8. The number of aryl methyl sites for hydroxylation is 2. The maximum atomic E-state index is 5.51. The molecule has 2 rings (SSSR count). The Hall–Kier alpha value is -2.27. The maximum absolute atomic E-state index is 5.51. The molecule has 2 heteroatoms. The van der Waals surface area contributed by atoms with E-state index >= 15 is 0 Å². The molecule has 0 spiro atoms. The monoisotopic (exact) mass is 237 g/mol. The molecule has 0 bridgehead atoms. The van der Waals surface area contributed by atoms with Gasteiger partial charge in [-0.2, -0.15) is 0 Å². The van der Waals surface area contributed by atoms with E-state index in [9.17, 15) is 0 Å². The van der Waals surface area contributed by atoms with Gasteiger partial charge < -0.3 is 4.74 Å². The van der Waals surface area contributed by atoms with Crippen LogP contribution in [0.4, 0.5) is 0 Å².